The van der Waals surface area contributed by atoms with Gasteiger partial charge in [-0.25, -0.2) is 0 Å². The first-order valence-electron chi connectivity index (χ1n) is 6.11. The standard InChI is InChI=1S/C14H20N2/c1-14(2)12(13(14)15)10-4-5-11-9(8-10)6-7-16(11)3/h4-5,8,12-13H,6-7,15H2,1-3H3/t12-,13-/m1/s1. The Bertz CT molecular complexity index is 436. The Kier molecular flexibility index (Phi) is 1.91. The molecule has 2 heteroatoms. The van der Waals surface area contributed by atoms with Gasteiger partial charge in [0.1, 0.15) is 0 Å². The van der Waals surface area contributed by atoms with Crippen LogP contribution in [0.25, 0.3) is 0 Å². The topological polar surface area (TPSA) is 29.3 Å². The Labute approximate surface area is 97.4 Å². The van der Waals surface area contributed by atoms with Crippen molar-refractivity contribution in [2.75, 3.05) is 18.5 Å². The molecule has 2 aliphatic rings. The minimum atomic E-state index is 0.290. The van der Waals surface area contributed by atoms with E-state index in [-0.39, 0.29) is 0 Å². The lowest BCUT2D eigenvalue weighted by Crippen LogP contribution is -2.12. The first kappa shape index (κ1) is 10.2. The molecule has 1 heterocycles. The van der Waals surface area contributed by atoms with E-state index in [9.17, 15) is 0 Å². The van der Waals surface area contributed by atoms with Gasteiger partial charge in [0.05, 0.1) is 0 Å². The van der Waals surface area contributed by atoms with Crippen LogP contribution in [-0.2, 0) is 6.42 Å². The number of likely N-dealkylation sites (N-methyl/N-ethyl adjacent to an activating group) is 1. The Hall–Kier alpha value is -1.02. The quantitative estimate of drug-likeness (QED) is 0.779. The fourth-order valence-electron chi connectivity index (χ4n) is 3.09. The SMILES string of the molecule is CN1CCc2cc([C@@H]3[C@@H](N)C3(C)C)ccc21. The molecule has 2 atom stereocenters. The summed E-state index contributed by atoms with van der Waals surface area (Å²) in [6, 6.07) is 7.24. The molecule has 16 heavy (non-hydrogen) atoms. The number of nitrogens with two attached hydrogens (primary N) is 1. The maximum atomic E-state index is 6.14. The smallest absolute Gasteiger partial charge is 0.0397 e. The van der Waals surface area contributed by atoms with Gasteiger partial charge in [-0.15, -0.1) is 0 Å². The van der Waals surface area contributed by atoms with Crippen LogP contribution in [-0.4, -0.2) is 19.6 Å². The van der Waals surface area contributed by atoms with E-state index in [1.807, 2.05) is 0 Å². The molecule has 2 nitrogen and oxygen atoms in total. The van der Waals surface area contributed by atoms with Crippen molar-refractivity contribution < 1.29 is 0 Å². The van der Waals surface area contributed by atoms with E-state index in [0.29, 0.717) is 17.4 Å². The second-order valence-corrected chi connectivity index (χ2v) is 5.88. The molecule has 0 bridgehead atoms. The van der Waals surface area contributed by atoms with E-state index in [0.717, 1.165) is 6.54 Å². The van der Waals surface area contributed by atoms with Crippen LogP contribution in [0.2, 0.25) is 0 Å². The second-order valence-electron chi connectivity index (χ2n) is 5.88. The highest BCUT2D eigenvalue weighted by Gasteiger charge is 2.56. The number of hydrogen-bond acceptors (Lipinski definition) is 2. The molecule has 0 radical (unpaired) electrons. The van der Waals surface area contributed by atoms with E-state index < -0.39 is 0 Å². The highest BCUT2D eigenvalue weighted by atomic mass is 15.1. The van der Waals surface area contributed by atoms with Crippen LogP contribution in [0.4, 0.5) is 5.69 Å². The molecule has 0 spiro atoms. The maximum absolute atomic E-state index is 6.14. The molecule has 86 valence electrons. The predicted octanol–water partition coefficient (Wildman–Crippen LogP) is 2.13. The molecule has 2 N–H and O–H groups in total. The average molecular weight is 216 g/mol. The largest absolute Gasteiger partial charge is 0.374 e. The monoisotopic (exact) mass is 216 g/mol. The number of hydrogen-bond donors (Lipinski definition) is 1. The molecule has 3 rings (SSSR count). The summed E-state index contributed by atoms with van der Waals surface area (Å²) in [6.07, 6.45) is 1.18. The van der Waals surface area contributed by atoms with Crippen molar-refractivity contribution in [2.24, 2.45) is 11.1 Å². The molecular formula is C14H20N2. The molecule has 1 fully saturated rings. The Morgan fingerprint density at radius 2 is 2.06 bits per heavy atom. The summed E-state index contributed by atoms with van der Waals surface area (Å²) in [4.78, 5) is 2.33. The third-order valence-electron chi connectivity index (χ3n) is 4.50. The van der Waals surface area contributed by atoms with Crippen LogP contribution in [0, 0.1) is 5.41 Å². The van der Waals surface area contributed by atoms with Crippen LogP contribution in [0.5, 0.6) is 0 Å². The molecule has 0 aromatic heterocycles. The van der Waals surface area contributed by atoms with Crippen molar-refractivity contribution >= 4 is 5.69 Å². The van der Waals surface area contributed by atoms with Gasteiger partial charge >= 0.3 is 0 Å². The second kappa shape index (κ2) is 3.01. The van der Waals surface area contributed by atoms with Gasteiger partial charge in [-0.2, -0.15) is 0 Å². The summed E-state index contributed by atoms with van der Waals surface area (Å²) in [6.45, 7) is 5.68. The average Bonchev–Trinajstić information content (AvgIpc) is 2.57. The Morgan fingerprint density at radius 1 is 1.38 bits per heavy atom. The fraction of sp³-hybridized carbons (Fsp3) is 0.571. The van der Waals surface area contributed by atoms with Gasteiger partial charge in [0.2, 0.25) is 0 Å². The number of nitrogens with zero attached hydrogens (tertiary/aromatic N) is 1. The first-order valence-corrected chi connectivity index (χ1v) is 6.11. The Morgan fingerprint density at radius 3 is 2.69 bits per heavy atom. The highest BCUT2D eigenvalue weighted by molar-refractivity contribution is 5.59. The molecule has 1 aromatic carbocycles. The molecule has 0 amide bonds. The molecule has 1 saturated carbocycles. The van der Waals surface area contributed by atoms with Crippen molar-refractivity contribution in [3.05, 3.63) is 29.3 Å². The lowest BCUT2D eigenvalue weighted by molar-refractivity contribution is 0.599. The number of benzene rings is 1. The van der Waals surface area contributed by atoms with E-state index >= 15 is 0 Å². The predicted molar refractivity (Wildman–Crippen MR) is 67.9 cm³/mol. The van der Waals surface area contributed by atoms with Gasteiger partial charge in [0.15, 0.2) is 0 Å². The lowest BCUT2D eigenvalue weighted by atomic mass is 10.00. The van der Waals surface area contributed by atoms with Gasteiger partial charge in [-0.1, -0.05) is 26.0 Å². The van der Waals surface area contributed by atoms with Crippen LogP contribution in [0.15, 0.2) is 18.2 Å². The van der Waals surface area contributed by atoms with Crippen molar-refractivity contribution in [1.82, 2.24) is 0 Å². The molecule has 1 aromatic rings. The Balaban J connectivity index is 1.95. The minimum Gasteiger partial charge on any atom is -0.374 e. The zero-order valence-electron chi connectivity index (χ0n) is 10.3. The summed E-state index contributed by atoms with van der Waals surface area (Å²) in [5.74, 6) is 0.559. The van der Waals surface area contributed by atoms with Gasteiger partial charge in [0.25, 0.3) is 0 Å². The number of fused-ring (bicyclic) bond motifs is 1. The molecule has 0 saturated heterocycles. The summed E-state index contributed by atoms with van der Waals surface area (Å²) < 4.78 is 0. The summed E-state index contributed by atoms with van der Waals surface area (Å²) in [5, 5.41) is 0. The third kappa shape index (κ3) is 1.23. The van der Waals surface area contributed by atoms with Crippen molar-refractivity contribution in [2.45, 2.75) is 32.2 Å². The number of anilines is 1. The maximum Gasteiger partial charge on any atom is 0.0397 e. The van der Waals surface area contributed by atoms with E-state index in [4.69, 9.17) is 5.73 Å². The first-order chi connectivity index (χ1) is 7.51. The van der Waals surface area contributed by atoms with Crippen LogP contribution >= 0.6 is 0 Å². The molecule has 0 unspecified atom stereocenters. The van der Waals surface area contributed by atoms with Crippen molar-refractivity contribution in [3.63, 3.8) is 0 Å². The number of rotatable bonds is 1. The normalized spacial score (nSPS) is 30.4. The minimum absolute atomic E-state index is 0.290. The van der Waals surface area contributed by atoms with Crippen LogP contribution in [0.3, 0.4) is 0 Å². The van der Waals surface area contributed by atoms with Gasteiger partial charge in [0, 0.05) is 31.2 Å². The van der Waals surface area contributed by atoms with Gasteiger partial charge in [-0.05, 0) is 29.0 Å². The van der Waals surface area contributed by atoms with E-state index in [1.54, 1.807) is 0 Å². The van der Waals surface area contributed by atoms with Gasteiger partial charge in [-0.3, -0.25) is 0 Å². The zero-order chi connectivity index (χ0) is 11.5. The highest BCUT2D eigenvalue weighted by Crippen LogP contribution is 2.57. The van der Waals surface area contributed by atoms with Gasteiger partial charge < -0.3 is 10.6 Å². The lowest BCUT2D eigenvalue weighted by Gasteiger charge is -2.12. The molecule has 1 aliphatic carbocycles. The third-order valence-corrected chi connectivity index (χ3v) is 4.50. The van der Waals surface area contributed by atoms with Crippen LogP contribution < -0.4 is 10.6 Å². The molecular weight excluding hydrogens is 196 g/mol. The van der Waals surface area contributed by atoms with E-state index in [1.165, 1.54) is 23.2 Å². The summed E-state index contributed by atoms with van der Waals surface area (Å²) in [5.41, 5.74) is 10.8. The molecule has 1 aliphatic heterocycles. The van der Waals surface area contributed by atoms with Crippen molar-refractivity contribution in [3.8, 4) is 0 Å². The van der Waals surface area contributed by atoms with Crippen LogP contribution in [0.1, 0.15) is 30.9 Å². The summed E-state index contributed by atoms with van der Waals surface area (Å²) >= 11 is 0. The van der Waals surface area contributed by atoms with E-state index in [2.05, 4.69) is 44.0 Å². The zero-order valence-corrected chi connectivity index (χ0v) is 10.3. The summed E-state index contributed by atoms with van der Waals surface area (Å²) in [7, 11) is 2.16. The van der Waals surface area contributed by atoms with Crippen molar-refractivity contribution in [1.29, 1.82) is 0 Å². The fourth-order valence-corrected chi connectivity index (χ4v) is 3.09.